The van der Waals surface area contributed by atoms with Crippen molar-refractivity contribution in [1.82, 2.24) is 20.2 Å². The Morgan fingerprint density at radius 2 is 1.92 bits per heavy atom. The van der Waals surface area contributed by atoms with Crippen LogP contribution in [-0.2, 0) is 0 Å². The van der Waals surface area contributed by atoms with Crippen LogP contribution in [0.25, 0.3) is 5.69 Å². The van der Waals surface area contributed by atoms with Gasteiger partial charge in [-0.1, -0.05) is 23.4 Å². The van der Waals surface area contributed by atoms with E-state index in [2.05, 4.69) is 15.5 Å². The topological polar surface area (TPSA) is 60.7 Å². The lowest BCUT2D eigenvalue weighted by Gasteiger charge is -2.11. The Morgan fingerprint density at radius 3 is 2.60 bits per heavy atom. The van der Waals surface area contributed by atoms with Crippen molar-refractivity contribution >= 4 is 29.1 Å². The fourth-order valence-corrected chi connectivity index (χ4v) is 3.12. The number of tetrazole rings is 1. The molecule has 0 radical (unpaired) electrons. The van der Waals surface area contributed by atoms with Crippen LogP contribution in [0.2, 0.25) is 5.02 Å². The number of nitrogens with zero attached hydrogens (tertiary/aromatic N) is 4. The Bertz CT molecular complexity index is 917. The number of rotatable bonds is 5. The molecule has 0 aliphatic rings. The van der Waals surface area contributed by atoms with Crippen LogP contribution in [0, 0.1) is 11.6 Å². The van der Waals surface area contributed by atoms with Crippen molar-refractivity contribution in [3.05, 3.63) is 64.7 Å². The van der Waals surface area contributed by atoms with Crippen LogP contribution in [0.3, 0.4) is 0 Å². The smallest absolute Gasteiger partial charge is 0.214 e. The first kappa shape index (κ1) is 17.5. The number of benzene rings is 2. The van der Waals surface area contributed by atoms with E-state index in [1.165, 1.54) is 4.68 Å². The number of aromatic nitrogens is 4. The molecular weight excluding hydrogens is 370 g/mol. The van der Waals surface area contributed by atoms with Gasteiger partial charge in [0.2, 0.25) is 5.16 Å². The van der Waals surface area contributed by atoms with Gasteiger partial charge in [0.15, 0.2) is 5.78 Å². The van der Waals surface area contributed by atoms with Gasteiger partial charge in [-0.05, 0) is 53.7 Å². The Labute approximate surface area is 151 Å². The lowest BCUT2D eigenvalue weighted by molar-refractivity contribution is 0.0990. The Morgan fingerprint density at radius 1 is 1.20 bits per heavy atom. The van der Waals surface area contributed by atoms with E-state index in [4.69, 9.17) is 11.6 Å². The maximum absolute atomic E-state index is 13.8. The molecule has 3 aromatic rings. The standard InChI is InChI=1S/C16H11ClF2N4OS/c1-9(15(24)13-7-4-11(18)8-14(13)19)25-16-20-21-22-23(16)12-5-2-10(17)3-6-12/h2-9H,1H3. The van der Waals surface area contributed by atoms with Gasteiger partial charge in [-0.3, -0.25) is 4.79 Å². The van der Waals surface area contributed by atoms with Gasteiger partial charge in [0.1, 0.15) is 11.6 Å². The van der Waals surface area contributed by atoms with Crippen molar-refractivity contribution in [3.63, 3.8) is 0 Å². The number of halogens is 3. The SMILES string of the molecule is CC(Sc1nnnn1-c1ccc(Cl)cc1)C(=O)c1ccc(F)cc1F. The molecule has 0 bridgehead atoms. The molecule has 0 fully saturated rings. The average Bonchev–Trinajstić information content (AvgIpc) is 3.03. The highest BCUT2D eigenvalue weighted by Crippen LogP contribution is 2.26. The predicted molar refractivity (Wildman–Crippen MR) is 90.2 cm³/mol. The first-order valence-corrected chi connectivity index (χ1v) is 8.41. The highest BCUT2D eigenvalue weighted by atomic mass is 35.5. The van der Waals surface area contributed by atoms with E-state index in [1.807, 2.05) is 0 Å². The van der Waals surface area contributed by atoms with E-state index < -0.39 is 22.7 Å². The molecule has 9 heteroatoms. The normalized spacial score (nSPS) is 12.2. The minimum atomic E-state index is -0.894. The zero-order chi connectivity index (χ0) is 18.0. The number of Topliss-reactive ketones (excluding diaryl/α,β-unsaturated/α-hetero) is 1. The molecule has 128 valence electrons. The maximum Gasteiger partial charge on any atom is 0.214 e. The summed E-state index contributed by atoms with van der Waals surface area (Å²) < 4.78 is 28.2. The monoisotopic (exact) mass is 380 g/mol. The fraction of sp³-hybridized carbons (Fsp3) is 0.125. The Kier molecular flexibility index (Phi) is 5.10. The van der Waals surface area contributed by atoms with Gasteiger partial charge in [-0.15, -0.1) is 5.10 Å². The molecular formula is C16H11ClF2N4OS. The molecule has 5 nitrogen and oxygen atoms in total. The van der Waals surface area contributed by atoms with Crippen LogP contribution >= 0.6 is 23.4 Å². The molecule has 1 atom stereocenters. The summed E-state index contributed by atoms with van der Waals surface area (Å²) in [5.41, 5.74) is 0.497. The molecule has 0 N–H and O–H groups in total. The van der Waals surface area contributed by atoms with Crippen molar-refractivity contribution in [2.45, 2.75) is 17.3 Å². The lowest BCUT2D eigenvalue weighted by Crippen LogP contribution is -2.16. The molecule has 1 heterocycles. The minimum Gasteiger partial charge on any atom is -0.293 e. The summed E-state index contributed by atoms with van der Waals surface area (Å²) in [5.74, 6) is -2.11. The molecule has 0 saturated heterocycles. The quantitative estimate of drug-likeness (QED) is 0.495. The van der Waals surface area contributed by atoms with Gasteiger partial charge in [-0.2, -0.15) is 4.68 Å². The molecule has 0 aliphatic heterocycles. The summed E-state index contributed by atoms with van der Waals surface area (Å²) in [6.07, 6.45) is 0. The fourth-order valence-electron chi connectivity index (χ4n) is 2.12. The molecule has 0 amide bonds. The van der Waals surface area contributed by atoms with E-state index in [-0.39, 0.29) is 5.56 Å². The van der Waals surface area contributed by atoms with Gasteiger partial charge < -0.3 is 0 Å². The second kappa shape index (κ2) is 7.28. The summed E-state index contributed by atoms with van der Waals surface area (Å²) in [5, 5.41) is 11.7. The summed E-state index contributed by atoms with van der Waals surface area (Å²) in [4.78, 5) is 12.4. The first-order chi connectivity index (χ1) is 12.0. The molecule has 3 rings (SSSR count). The third-order valence-corrected chi connectivity index (χ3v) is 4.65. The second-order valence-electron chi connectivity index (χ2n) is 5.10. The number of hydrogen-bond acceptors (Lipinski definition) is 5. The van der Waals surface area contributed by atoms with Crippen LogP contribution in [0.5, 0.6) is 0 Å². The van der Waals surface area contributed by atoms with Crippen LogP contribution < -0.4 is 0 Å². The van der Waals surface area contributed by atoms with E-state index in [0.29, 0.717) is 21.9 Å². The zero-order valence-electron chi connectivity index (χ0n) is 12.9. The van der Waals surface area contributed by atoms with Gasteiger partial charge in [0.25, 0.3) is 0 Å². The Hall–Kier alpha value is -2.32. The minimum absolute atomic E-state index is 0.174. The zero-order valence-corrected chi connectivity index (χ0v) is 14.4. The first-order valence-electron chi connectivity index (χ1n) is 7.16. The molecule has 1 aromatic heterocycles. The largest absolute Gasteiger partial charge is 0.293 e. The lowest BCUT2D eigenvalue weighted by atomic mass is 10.1. The van der Waals surface area contributed by atoms with E-state index in [1.54, 1.807) is 31.2 Å². The van der Waals surface area contributed by atoms with Crippen LogP contribution in [0.1, 0.15) is 17.3 Å². The third kappa shape index (κ3) is 3.85. The summed E-state index contributed by atoms with van der Waals surface area (Å²) in [7, 11) is 0. The van der Waals surface area contributed by atoms with Gasteiger partial charge in [0.05, 0.1) is 16.5 Å². The maximum atomic E-state index is 13.8. The number of hydrogen-bond donors (Lipinski definition) is 0. The van der Waals surface area contributed by atoms with Crippen LogP contribution in [0.4, 0.5) is 8.78 Å². The molecule has 0 spiro atoms. The highest BCUT2D eigenvalue weighted by Gasteiger charge is 2.23. The van der Waals surface area contributed by atoms with Crippen LogP contribution in [-0.4, -0.2) is 31.2 Å². The predicted octanol–water partition coefficient (Wildman–Crippen LogP) is 3.96. The summed E-state index contributed by atoms with van der Waals surface area (Å²) in [6.45, 7) is 1.61. The van der Waals surface area contributed by atoms with E-state index in [9.17, 15) is 13.6 Å². The molecule has 1 unspecified atom stereocenters. The van der Waals surface area contributed by atoms with E-state index in [0.717, 1.165) is 23.9 Å². The average molecular weight is 381 g/mol. The van der Waals surface area contributed by atoms with Crippen LogP contribution in [0.15, 0.2) is 47.6 Å². The van der Waals surface area contributed by atoms with Gasteiger partial charge in [-0.25, -0.2) is 8.78 Å². The summed E-state index contributed by atoms with van der Waals surface area (Å²) in [6, 6.07) is 9.70. The highest BCUT2D eigenvalue weighted by molar-refractivity contribution is 8.00. The molecule has 2 aromatic carbocycles. The van der Waals surface area contributed by atoms with Crippen molar-refractivity contribution in [3.8, 4) is 5.69 Å². The second-order valence-corrected chi connectivity index (χ2v) is 6.84. The van der Waals surface area contributed by atoms with E-state index >= 15 is 0 Å². The number of thioether (sulfide) groups is 1. The molecule has 0 aliphatic carbocycles. The van der Waals surface area contributed by atoms with Crippen molar-refractivity contribution in [2.24, 2.45) is 0 Å². The van der Waals surface area contributed by atoms with Crippen molar-refractivity contribution in [2.75, 3.05) is 0 Å². The molecule has 0 saturated carbocycles. The number of carbonyl (C=O) groups excluding carboxylic acids is 1. The Balaban J connectivity index is 1.82. The molecule has 25 heavy (non-hydrogen) atoms. The van der Waals surface area contributed by atoms with Crippen molar-refractivity contribution in [1.29, 1.82) is 0 Å². The van der Waals surface area contributed by atoms with Gasteiger partial charge >= 0.3 is 0 Å². The summed E-state index contributed by atoms with van der Waals surface area (Å²) >= 11 is 6.94. The third-order valence-electron chi connectivity index (χ3n) is 3.36. The van der Waals surface area contributed by atoms with Gasteiger partial charge in [0, 0.05) is 11.1 Å². The number of ketones is 1. The van der Waals surface area contributed by atoms with Crippen molar-refractivity contribution < 1.29 is 13.6 Å². The number of carbonyl (C=O) groups is 1.